The molecule has 0 spiro atoms. The number of benzene rings is 8. The summed E-state index contributed by atoms with van der Waals surface area (Å²) in [6, 6.07) is 37.9. The molecule has 4 atom stereocenters. The van der Waals surface area contributed by atoms with E-state index in [4.69, 9.17) is 107 Å². The molecule has 0 bridgehead atoms. The maximum absolute atomic E-state index is 13.6. The van der Waals surface area contributed by atoms with Gasteiger partial charge in [0.15, 0.2) is 28.1 Å². The summed E-state index contributed by atoms with van der Waals surface area (Å²) in [5.74, 6) is -4.98. The van der Waals surface area contributed by atoms with Gasteiger partial charge >= 0.3 is 6.18 Å². The van der Waals surface area contributed by atoms with Crippen LogP contribution >= 0.6 is 46.4 Å². The van der Waals surface area contributed by atoms with Crippen molar-refractivity contribution in [1.29, 1.82) is 15.8 Å². The summed E-state index contributed by atoms with van der Waals surface area (Å²) in [7, 11) is 0. The quantitative estimate of drug-likeness (QED) is 0.0260. The minimum absolute atomic E-state index is 0.0587. The van der Waals surface area contributed by atoms with Crippen LogP contribution in [0.15, 0.2) is 152 Å². The fraction of sp³-hybridized carbons (Fsp3) is 0.181. The van der Waals surface area contributed by atoms with Gasteiger partial charge in [-0.25, -0.2) is 32.6 Å². The van der Waals surface area contributed by atoms with Crippen molar-refractivity contribution in [3.05, 3.63) is 257 Å². The molecule has 8 N–H and O–H groups in total. The third-order valence-electron chi connectivity index (χ3n) is 13.7. The molecule has 33 heteroatoms. The summed E-state index contributed by atoms with van der Waals surface area (Å²) in [6.45, 7) is 30.7. The van der Waals surface area contributed by atoms with Crippen LogP contribution in [0.25, 0.3) is 19.4 Å². The molecule has 0 heterocycles. The van der Waals surface area contributed by atoms with E-state index in [2.05, 4.69) is 40.6 Å². The van der Waals surface area contributed by atoms with Crippen molar-refractivity contribution in [1.82, 2.24) is 0 Å². The minimum Gasteiger partial charge on any atom is -0.490 e. The third kappa shape index (κ3) is 24.8. The van der Waals surface area contributed by atoms with E-state index in [1.54, 1.807) is 36.4 Å². The number of hydrogen-bond donors (Lipinski definition) is 8. The molecule has 8 aromatic carbocycles. The number of carbonyl (C=O) groups excluding carboxylic acids is 4. The first kappa shape index (κ1) is 83.5. The molecule has 0 fully saturated rings. The normalized spacial score (nSPS) is 12.6. The topological polar surface area (TPSA) is 323 Å². The van der Waals surface area contributed by atoms with E-state index in [9.17, 15) is 65.9 Å². The highest BCUT2D eigenvalue weighted by molar-refractivity contribution is 6.34. The van der Waals surface area contributed by atoms with Gasteiger partial charge in [0.2, 0.25) is 17.1 Å². The van der Waals surface area contributed by atoms with Crippen molar-refractivity contribution >= 4 is 116 Å². The fourth-order valence-corrected chi connectivity index (χ4v) is 8.52. The van der Waals surface area contributed by atoms with E-state index < -0.39 is 101 Å². The number of carbonyl (C=O) groups is 4. The van der Waals surface area contributed by atoms with Crippen LogP contribution in [0.2, 0.25) is 20.1 Å². The van der Waals surface area contributed by atoms with Gasteiger partial charge in [-0.2, -0.15) is 29.0 Å². The number of alkyl halides is 3. The molecule has 0 radical (unpaired) electrons. The highest BCUT2D eigenvalue weighted by Gasteiger charge is 2.37. The first-order chi connectivity index (χ1) is 49.3. The molecule has 4 amide bonds. The largest absolute Gasteiger partial charge is 0.490 e. The first-order valence-corrected chi connectivity index (χ1v) is 30.9. The molecule has 8 aromatic rings. The van der Waals surface area contributed by atoms with Crippen LogP contribution in [0.4, 0.5) is 71.8 Å². The Morgan fingerprint density at radius 3 is 0.962 bits per heavy atom. The standard InChI is InChI=1S/C19H13F4N3O3.C18H13ClFN3O3.C18H14ClN3O3.C17H13Cl2FN2O3/c1-18(28,10-29-13-5-3-11(9-24)15(20)8-13)17(27)26-12-4-6-16(25-2)14(7-12)19(21,22)23;1-18(25,10-26-13-5-3-11(9-21)15(20)8-13)17(24)23-12-4-6-16(22-2)14(19)7-12;1-18(24,11-25-14-6-3-12(10-20)4-7-14)17(23)22-13-5-8-16(21-2)15(19)9-13;1-17(24,9-25-11-4-5-12(18)14(20)8-11)16(23)22-10-3-6-15(21-2)13(19)7-10/h3-8,28H,10H2,1H3,(H,26,27);3-8,25H,10H2,1H3,(H,23,24);3-9,24H,11H2,1H3,(H,22,23);3-8,24H,9H2,1H3,(H,22,23)/t3*18-;17-/m0000/s1. The minimum atomic E-state index is -4.80. The Labute approximate surface area is 615 Å². The number of ether oxygens (including phenoxy) is 4. The van der Waals surface area contributed by atoms with Gasteiger partial charge in [-0.3, -0.25) is 19.2 Å². The summed E-state index contributed by atoms with van der Waals surface area (Å²) in [5, 5.41) is 77.3. The van der Waals surface area contributed by atoms with E-state index in [-0.39, 0.29) is 77.8 Å². The molecule has 0 aliphatic rings. The maximum Gasteiger partial charge on any atom is 0.407 e. The number of halogens is 10. The number of rotatable bonds is 20. The summed E-state index contributed by atoms with van der Waals surface area (Å²) in [6.07, 6.45) is -4.80. The summed E-state index contributed by atoms with van der Waals surface area (Å²) in [4.78, 5) is 61.3. The molecule has 23 nitrogen and oxygen atoms in total. The predicted octanol–water partition coefficient (Wildman–Crippen LogP) is 15.7. The molecule has 8 rings (SSSR count). The van der Waals surface area contributed by atoms with E-state index in [1.165, 1.54) is 106 Å². The van der Waals surface area contributed by atoms with Crippen LogP contribution in [-0.4, -0.2) is 92.9 Å². The average Bonchev–Trinajstić information content (AvgIpc) is 0.817. The number of nitrogens with one attached hydrogen (secondary N) is 4. The van der Waals surface area contributed by atoms with Crippen LogP contribution in [0.5, 0.6) is 23.0 Å². The predicted molar refractivity (Wildman–Crippen MR) is 375 cm³/mol. The fourth-order valence-electron chi connectivity index (χ4n) is 7.73. The maximum atomic E-state index is 13.6. The Balaban J connectivity index is 0.000000252. The number of amides is 4. The highest BCUT2D eigenvalue weighted by atomic mass is 35.5. The van der Waals surface area contributed by atoms with Crippen LogP contribution in [0.1, 0.15) is 49.9 Å². The number of aliphatic hydroxyl groups is 4. The van der Waals surface area contributed by atoms with Gasteiger partial charge < -0.3 is 60.6 Å². The molecule has 538 valence electrons. The van der Waals surface area contributed by atoms with Gasteiger partial charge in [0.1, 0.15) is 79.0 Å². The van der Waals surface area contributed by atoms with Crippen LogP contribution in [0, 0.1) is 77.7 Å². The smallest absolute Gasteiger partial charge is 0.407 e. The van der Waals surface area contributed by atoms with E-state index >= 15 is 0 Å². The Kier molecular flexibility index (Phi) is 29.5. The molecule has 0 unspecified atom stereocenters. The summed E-state index contributed by atoms with van der Waals surface area (Å²) < 4.78 is 101. The number of nitriles is 3. The number of anilines is 4. The Hall–Kier alpha value is -12.2. The SMILES string of the molecule is [C-]#[N+]c1ccc(NC(=O)[C@@](C)(O)COc2ccc(C#N)c(F)c2)cc1C(F)(F)F.[C-]#[N+]c1ccc(NC(=O)[C@@](C)(O)COc2ccc(C#N)c(F)c2)cc1Cl.[C-]#[N+]c1ccc(NC(=O)[C@@](C)(O)COc2ccc(C#N)cc2)cc1Cl.[C-]#[N+]c1ccc(NC(=O)[C@@](C)(O)COc2ccc(Cl)c(F)c2)cc1Cl. The molecule has 0 saturated carbocycles. The van der Waals surface area contributed by atoms with Gasteiger partial charge in [-0.15, -0.1) is 0 Å². The molecular formula is C72H53Cl4F6N11O12. The van der Waals surface area contributed by atoms with Crippen molar-refractivity contribution < 1.29 is 84.9 Å². The molecular weight excluding hydrogens is 1470 g/mol. The lowest BCUT2D eigenvalue weighted by molar-refractivity contribution is -0.137. The molecule has 0 aliphatic carbocycles. The Bertz CT molecular complexity index is 4880. The number of hydrogen-bond acceptors (Lipinski definition) is 15. The van der Waals surface area contributed by atoms with Crippen molar-refractivity contribution in [2.24, 2.45) is 0 Å². The zero-order chi connectivity index (χ0) is 78.2. The lowest BCUT2D eigenvalue weighted by Gasteiger charge is -2.23. The second-order valence-corrected chi connectivity index (χ2v) is 24.1. The van der Waals surface area contributed by atoms with Crippen LogP contribution in [0.3, 0.4) is 0 Å². The zero-order valence-corrected chi connectivity index (χ0v) is 57.8. The van der Waals surface area contributed by atoms with Crippen molar-refractivity contribution in [3.8, 4) is 41.2 Å². The Morgan fingerprint density at radius 1 is 0.400 bits per heavy atom. The van der Waals surface area contributed by atoms with Crippen molar-refractivity contribution in [3.63, 3.8) is 0 Å². The average molecular weight is 1520 g/mol. The molecule has 105 heavy (non-hydrogen) atoms. The second-order valence-electron chi connectivity index (χ2n) is 22.5. The van der Waals surface area contributed by atoms with Crippen molar-refractivity contribution in [2.45, 2.75) is 56.3 Å². The summed E-state index contributed by atoms with van der Waals surface area (Å²) in [5.41, 5.74) is -8.04. The monoisotopic (exact) mass is 1520 g/mol. The lowest BCUT2D eigenvalue weighted by atomic mass is 10.1. The van der Waals surface area contributed by atoms with Crippen LogP contribution in [-0.2, 0) is 25.4 Å². The van der Waals surface area contributed by atoms with Gasteiger partial charge in [-0.05, 0) is 137 Å². The highest BCUT2D eigenvalue weighted by Crippen LogP contribution is 2.39. The van der Waals surface area contributed by atoms with Crippen LogP contribution < -0.4 is 40.2 Å². The van der Waals surface area contributed by atoms with Gasteiger partial charge in [0.25, 0.3) is 23.6 Å². The zero-order valence-electron chi connectivity index (χ0n) is 54.7. The van der Waals surface area contributed by atoms with Gasteiger partial charge in [-0.1, -0.05) is 70.7 Å². The molecule has 0 aliphatic heterocycles. The third-order valence-corrected chi connectivity index (χ3v) is 14.9. The van der Waals surface area contributed by atoms with E-state index in [0.29, 0.717) is 34.4 Å². The number of nitrogens with zero attached hydrogens (tertiary/aromatic N) is 7. The molecule has 0 saturated heterocycles. The molecule has 0 aromatic heterocycles. The Morgan fingerprint density at radius 2 is 0.686 bits per heavy atom. The van der Waals surface area contributed by atoms with E-state index in [0.717, 1.165) is 43.3 Å². The van der Waals surface area contributed by atoms with Gasteiger partial charge in [0, 0.05) is 56.0 Å². The van der Waals surface area contributed by atoms with Gasteiger partial charge in [0.05, 0.1) is 59.6 Å². The first-order valence-electron chi connectivity index (χ1n) is 29.4. The summed E-state index contributed by atoms with van der Waals surface area (Å²) >= 11 is 23.3. The lowest BCUT2D eigenvalue weighted by Crippen LogP contribution is -2.45. The van der Waals surface area contributed by atoms with E-state index in [1.807, 2.05) is 6.07 Å². The second kappa shape index (κ2) is 37.2. The van der Waals surface area contributed by atoms with Crippen molar-refractivity contribution in [2.75, 3.05) is 47.7 Å².